The van der Waals surface area contributed by atoms with E-state index >= 15 is 0 Å². The highest BCUT2D eigenvalue weighted by atomic mass is 32.1. The van der Waals surface area contributed by atoms with Gasteiger partial charge in [0.05, 0.1) is 16.3 Å². The number of aromatic nitrogens is 3. The molecule has 0 radical (unpaired) electrons. The lowest BCUT2D eigenvalue weighted by Crippen LogP contribution is -2.44. The first-order valence-electron chi connectivity index (χ1n) is 11.1. The molecular formula is C24H28N6O3S. The predicted molar refractivity (Wildman–Crippen MR) is 132 cm³/mol. The van der Waals surface area contributed by atoms with Crippen molar-refractivity contribution in [3.63, 3.8) is 0 Å². The zero-order chi connectivity index (χ0) is 24.5. The van der Waals surface area contributed by atoms with Crippen molar-refractivity contribution in [1.29, 1.82) is 0 Å². The fraction of sp³-hybridized carbons (Fsp3) is 0.375. The van der Waals surface area contributed by atoms with Gasteiger partial charge in [0.1, 0.15) is 0 Å². The molecule has 178 valence electrons. The highest BCUT2D eigenvalue weighted by molar-refractivity contribution is 7.19. The average Bonchev–Trinajstić information content (AvgIpc) is 3.52. The van der Waals surface area contributed by atoms with E-state index in [2.05, 4.69) is 25.6 Å². The number of carboxylic acid groups (broad SMARTS) is 1. The molecule has 0 bridgehead atoms. The number of hydrogen-bond donors (Lipinski definition) is 3. The molecule has 0 unspecified atom stereocenters. The molecule has 10 heteroatoms. The fourth-order valence-electron chi connectivity index (χ4n) is 3.50. The lowest BCUT2D eigenvalue weighted by atomic mass is 10.1. The van der Waals surface area contributed by atoms with Gasteiger partial charge in [0.25, 0.3) is 0 Å². The molecule has 2 amide bonds. The minimum atomic E-state index is -0.949. The first kappa shape index (κ1) is 23.6. The molecule has 9 nitrogen and oxygen atoms in total. The van der Waals surface area contributed by atoms with Crippen LogP contribution in [0.4, 0.5) is 21.6 Å². The summed E-state index contributed by atoms with van der Waals surface area (Å²) in [5, 5.41) is 16.1. The number of thiazole rings is 1. The van der Waals surface area contributed by atoms with Crippen LogP contribution in [0.3, 0.4) is 0 Å². The highest BCUT2D eigenvalue weighted by Gasteiger charge is 2.31. The molecule has 1 aliphatic carbocycles. The first-order valence-corrected chi connectivity index (χ1v) is 11.9. The number of anilines is 3. The largest absolute Gasteiger partial charge is 0.465 e. The minimum absolute atomic E-state index is 0.148. The molecule has 1 fully saturated rings. The first-order chi connectivity index (χ1) is 16.1. The quantitative estimate of drug-likeness (QED) is 0.411. The topological polar surface area (TPSA) is 120 Å². The lowest BCUT2D eigenvalue weighted by molar-refractivity contribution is -0.114. The van der Waals surface area contributed by atoms with Gasteiger partial charge in [-0.05, 0) is 57.4 Å². The van der Waals surface area contributed by atoms with Crippen LogP contribution in [-0.2, 0) is 11.3 Å². The maximum absolute atomic E-state index is 11.6. The maximum atomic E-state index is 11.6. The van der Waals surface area contributed by atoms with Crippen molar-refractivity contribution in [2.45, 2.75) is 58.5 Å². The Morgan fingerprint density at radius 1 is 1.15 bits per heavy atom. The molecule has 0 atom stereocenters. The third kappa shape index (κ3) is 5.69. The fourth-order valence-corrected chi connectivity index (χ4v) is 4.56. The summed E-state index contributed by atoms with van der Waals surface area (Å²) in [7, 11) is 0. The SMILES string of the molecule is CC(=O)Nc1nc(C2CC2)c(-c2ccnc(Nc3ccc(CN(C(=O)O)C(C)(C)C)cc3)n2)s1. The van der Waals surface area contributed by atoms with E-state index in [0.717, 1.165) is 40.4 Å². The van der Waals surface area contributed by atoms with E-state index in [1.165, 1.54) is 23.2 Å². The van der Waals surface area contributed by atoms with Gasteiger partial charge in [-0.15, -0.1) is 0 Å². The number of nitrogens with zero attached hydrogens (tertiary/aromatic N) is 4. The summed E-state index contributed by atoms with van der Waals surface area (Å²) in [5.74, 6) is 0.708. The van der Waals surface area contributed by atoms with E-state index in [9.17, 15) is 14.7 Å². The summed E-state index contributed by atoms with van der Waals surface area (Å²) < 4.78 is 0. The van der Waals surface area contributed by atoms with Crippen molar-refractivity contribution in [3.05, 3.63) is 47.8 Å². The summed E-state index contributed by atoms with van der Waals surface area (Å²) in [4.78, 5) is 39.1. The number of hydrogen-bond acceptors (Lipinski definition) is 7. The second-order valence-corrected chi connectivity index (χ2v) is 10.3. The Hall–Kier alpha value is -3.53. The lowest BCUT2D eigenvalue weighted by Gasteiger charge is -2.33. The Labute approximate surface area is 202 Å². The molecule has 1 aliphatic rings. The van der Waals surface area contributed by atoms with Crippen molar-refractivity contribution in [2.24, 2.45) is 0 Å². The molecule has 2 aromatic heterocycles. The molecule has 1 aromatic carbocycles. The van der Waals surface area contributed by atoms with E-state index < -0.39 is 11.6 Å². The predicted octanol–water partition coefficient (Wildman–Crippen LogP) is 5.46. The second-order valence-electron chi connectivity index (χ2n) is 9.32. The van der Waals surface area contributed by atoms with Crippen LogP contribution in [-0.4, -0.2) is 42.5 Å². The molecule has 0 spiro atoms. The second kappa shape index (κ2) is 9.38. The number of amides is 2. The number of benzene rings is 1. The molecule has 3 N–H and O–H groups in total. The van der Waals surface area contributed by atoms with Crippen LogP contribution >= 0.6 is 11.3 Å². The standard InChI is InChI=1S/C24H28N6O3S/c1-14(31)26-22-29-19(16-7-8-16)20(34-22)18-11-12-25-21(28-18)27-17-9-5-15(6-10-17)13-30(23(32)33)24(2,3)4/h5-6,9-12,16H,7-8,13H2,1-4H3,(H,32,33)(H,25,27,28)(H,26,29,31). The Morgan fingerprint density at radius 3 is 2.44 bits per heavy atom. The Kier molecular flexibility index (Phi) is 6.52. The molecule has 2 heterocycles. The van der Waals surface area contributed by atoms with E-state index in [1.54, 1.807) is 6.20 Å². The van der Waals surface area contributed by atoms with Gasteiger partial charge in [-0.3, -0.25) is 9.69 Å². The average molecular weight is 481 g/mol. The summed E-state index contributed by atoms with van der Waals surface area (Å²) in [6, 6.07) is 9.39. The Morgan fingerprint density at radius 2 is 1.85 bits per heavy atom. The third-order valence-electron chi connectivity index (χ3n) is 5.38. The number of carbonyl (C=O) groups is 2. The van der Waals surface area contributed by atoms with E-state index in [0.29, 0.717) is 23.5 Å². The summed E-state index contributed by atoms with van der Waals surface area (Å²) in [6.07, 6.45) is 2.93. The molecular weight excluding hydrogens is 452 g/mol. The zero-order valence-corrected chi connectivity index (χ0v) is 20.4. The van der Waals surface area contributed by atoms with Crippen LogP contribution in [0.25, 0.3) is 10.6 Å². The molecule has 0 saturated heterocycles. The third-order valence-corrected chi connectivity index (χ3v) is 6.39. The van der Waals surface area contributed by atoms with E-state index in [-0.39, 0.29) is 5.91 Å². The smallest absolute Gasteiger partial charge is 0.408 e. The van der Waals surface area contributed by atoms with Crippen LogP contribution < -0.4 is 10.6 Å². The van der Waals surface area contributed by atoms with Crippen molar-refractivity contribution in [1.82, 2.24) is 19.9 Å². The van der Waals surface area contributed by atoms with Gasteiger partial charge in [-0.25, -0.2) is 19.7 Å². The Bertz CT molecular complexity index is 1200. The van der Waals surface area contributed by atoms with Crippen molar-refractivity contribution in [2.75, 3.05) is 10.6 Å². The molecule has 3 aromatic rings. The summed E-state index contributed by atoms with van der Waals surface area (Å²) in [6.45, 7) is 7.39. The van der Waals surface area contributed by atoms with Crippen LogP contribution in [0, 0.1) is 0 Å². The monoisotopic (exact) mass is 480 g/mol. The summed E-state index contributed by atoms with van der Waals surface area (Å²) in [5.41, 5.74) is 2.93. The number of rotatable bonds is 7. The normalized spacial score (nSPS) is 13.4. The number of carbonyl (C=O) groups excluding carboxylic acids is 1. The van der Waals surface area contributed by atoms with Crippen molar-refractivity contribution in [3.8, 4) is 10.6 Å². The van der Waals surface area contributed by atoms with Gasteiger partial charge in [-0.1, -0.05) is 23.5 Å². The molecule has 4 rings (SSSR count). The minimum Gasteiger partial charge on any atom is -0.465 e. The van der Waals surface area contributed by atoms with Gasteiger partial charge in [0.15, 0.2) is 5.13 Å². The van der Waals surface area contributed by atoms with Gasteiger partial charge >= 0.3 is 6.09 Å². The molecule has 1 saturated carbocycles. The van der Waals surface area contributed by atoms with Gasteiger partial charge in [0, 0.05) is 36.8 Å². The summed E-state index contributed by atoms with van der Waals surface area (Å²) >= 11 is 1.42. The van der Waals surface area contributed by atoms with Gasteiger partial charge < -0.3 is 15.7 Å². The van der Waals surface area contributed by atoms with Crippen LogP contribution in [0.15, 0.2) is 36.5 Å². The van der Waals surface area contributed by atoms with E-state index in [1.807, 2.05) is 51.1 Å². The maximum Gasteiger partial charge on any atom is 0.408 e. The molecule has 0 aliphatic heterocycles. The highest BCUT2D eigenvalue weighted by Crippen LogP contribution is 2.46. The zero-order valence-electron chi connectivity index (χ0n) is 19.6. The van der Waals surface area contributed by atoms with Gasteiger partial charge in [0.2, 0.25) is 11.9 Å². The van der Waals surface area contributed by atoms with Gasteiger partial charge in [-0.2, -0.15) is 0 Å². The van der Waals surface area contributed by atoms with Crippen LogP contribution in [0.5, 0.6) is 0 Å². The van der Waals surface area contributed by atoms with Crippen LogP contribution in [0.2, 0.25) is 0 Å². The van der Waals surface area contributed by atoms with Crippen molar-refractivity contribution >= 4 is 40.1 Å². The van der Waals surface area contributed by atoms with Crippen LogP contribution in [0.1, 0.15) is 57.7 Å². The molecule has 34 heavy (non-hydrogen) atoms. The van der Waals surface area contributed by atoms with E-state index in [4.69, 9.17) is 0 Å². The number of nitrogens with one attached hydrogen (secondary N) is 2. The van der Waals surface area contributed by atoms with Crippen molar-refractivity contribution < 1.29 is 14.7 Å². The Balaban J connectivity index is 1.51.